The predicted octanol–water partition coefficient (Wildman–Crippen LogP) is 4.10. The molecule has 0 saturated carbocycles. The van der Waals surface area contributed by atoms with Crippen LogP contribution in [0.1, 0.15) is 22.8 Å². The van der Waals surface area contributed by atoms with Crippen LogP contribution in [0.4, 0.5) is 11.8 Å². The molecule has 2 aromatic carbocycles. The number of ether oxygens (including phenoxy) is 2. The molecule has 0 atom stereocenters. The maximum absolute atomic E-state index is 12.5. The molecule has 3 rings (SSSR count). The average molecular weight is 444 g/mol. The molecule has 0 saturated heterocycles. The van der Waals surface area contributed by atoms with Gasteiger partial charge in [0.05, 0.1) is 22.9 Å². The lowest BCUT2D eigenvalue weighted by Crippen LogP contribution is -2.10. The van der Waals surface area contributed by atoms with Crippen LogP contribution in [-0.4, -0.2) is 22.5 Å². The Balaban J connectivity index is 2.01. The molecule has 0 aliphatic carbocycles. The van der Waals surface area contributed by atoms with Gasteiger partial charge >= 0.3 is 5.97 Å². The fraction of sp³-hybridized carbons (Fsp3) is 0.100. The van der Waals surface area contributed by atoms with Crippen molar-refractivity contribution in [3.05, 3.63) is 57.6 Å². The molecule has 0 radical (unpaired) electrons. The summed E-state index contributed by atoms with van der Waals surface area (Å²) < 4.78 is 11.1. The highest BCUT2D eigenvalue weighted by Crippen LogP contribution is 2.35. The van der Waals surface area contributed by atoms with E-state index in [9.17, 15) is 10.1 Å². The maximum atomic E-state index is 12.5. The number of nitrogens with zero attached hydrogens (tertiary/aromatic N) is 3. The number of hydrogen-bond acceptors (Lipinski definition) is 8. The van der Waals surface area contributed by atoms with E-state index in [-0.39, 0.29) is 45.1 Å². The molecule has 1 heterocycles. The molecule has 30 heavy (non-hydrogen) atoms. The van der Waals surface area contributed by atoms with E-state index in [0.717, 1.165) is 0 Å². The minimum atomic E-state index is -0.682. The minimum absolute atomic E-state index is 0.0363. The molecule has 4 N–H and O–H groups in total. The van der Waals surface area contributed by atoms with Crippen LogP contribution in [-0.2, 0) is 0 Å². The van der Waals surface area contributed by atoms with Crippen LogP contribution in [0.25, 0.3) is 11.3 Å². The number of esters is 1. The molecular formula is C20H15Cl2N5O3. The van der Waals surface area contributed by atoms with Crippen LogP contribution < -0.4 is 20.9 Å². The van der Waals surface area contributed by atoms with E-state index in [0.29, 0.717) is 17.2 Å². The molecular weight excluding hydrogens is 429 g/mol. The zero-order valence-corrected chi connectivity index (χ0v) is 17.2. The number of rotatable bonds is 5. The van der Waals surface area contributed by atoms with E-state index in [2.05, 4.69) is 9.97 Å². The number of nitrogen functional groups attached to an aromatic ring is 2. The summed E-state index contributed by atoms with van der Waals surface area (Å²) in [5.74, 6) is -0.380. The first-order valence-corrected chi connectivity index (χ1v) is 9.37. The van der Waals surface area contributed by atoms with Crippen molar-refractivity contribution in [3.63, 3.8) is 0 Å². The van der Waals surface area contributed by atoms with Gasteiger partial charge in [0.2, 0.25) is 5.95 Å². The Hall–Kier alpha value is -3.54. The van der Waals surface area contributed by atoms with Gasteiger partial charge in [-0.1, -0.05) is 23.2 Å². The Morgan fingerprint density at radius 1 is 1.13 bits per heavy atom. The Morgan fingerprint density at radius 2 is 1.90 bits per heavy atom. The monoisotopic (exact) mass is 443 g/mol. The van der Waals surface area contributed by atoms with Crippen LogP contribution in [0.15, 0.2) is 36.4 Å². The number of hydrogen-bond donors (Lipinski definition) is 2. The SMILES string of the molecule is CCOc1cc(-c2nc(N)nc(N)c2C#N)ccc1OC(=O)c1ccc(Cl)cc1Cl. The zero-order valence-electron chi connectivity index (χ0n) is 15.6. The maximum Gasteiger partial charge on any atom is 0.345 e. The second-order valence-electron chi connectivity index (χ2n) is 5.91. The Labute approximate surface area is 182 Å². The van der Waals surface area contributed by atoms with Crippen LogP contribution in [0, 0.1) is 11.3 Å². The normalized spacial score (nSPS) is 10.3. The third-order valence-electron chi connectivity index (χ3n) is 3.94. The van der Waals surface area contributed by atoms with Crippen LogP contribution in [0.2, 0.25) is 10.0 Å². The number of carbonyl (C=O) groups is 1. The van der Waals surface area contributed by atoms with Gasteiger partial charge in [0, 0.05) is 10.6 Å². The first-order chi connectivity index (χ1) is 14.3. The fourth-order valence-corrected chi connectivity index (χ4v) is 3.12. The van der Waals surface area contributed by atoms with Crippen LogP contribution in [0.5, 0.6) is 11.5 Å². The lowest BCUT2D eigenvalue weighted by atomic mass is 10.1. The lowest BCUT2D eigenvalue weighted by Gasteiger charge is -2.13. The highest BCUT2D eigenvalue weighted by Gasteiger charge is 2.19. The molecule has 0 unspecified atom stereocenters. The largest absolute Gasteiger partial charge is 0.490 e. The van der Waals surface area contributed by atoms with Gasteiger partial charge in [-0.2, -0.15) is 10.2 Å². The third-order valence-corrected chi connectivity index (χ3v) is 4.48. The molecule has 0 aliphatic heterocycles. The Morgan fingerprint density at radius 3 is 2.57 bits per heavy atom. The zero-order chi connectivity index (χ0) is 21.8. The van der Waals surface area contributed by atoms with Gasteiger partial charge in [0.1, 0.15) is 17.5 Å². The van der Waals surface area contributed by atoms with Gasteiger partial charge < -0.3 is 20.9 Å². The lowest BCUT2D eigenvalue weighted by molar-refractivity contribution is 0.0728. The summed E-state index contributed by atoms with van der Waals surface area (Å²) in [6.45, 7) is 2.07. The average Bonchev–Trinajstić information content (AvgIpc) is 2.68. The van der Waals surface area contributed by atoms with Crippen LogP contribution in [0.3, 0.4) is 0 Å². The molecule has 0 spiro atoms. The quantitative estimate of drug-likeness (QED) is 0.443. The summed E-state index contributed by atoms with van der Waals surface area (Å²) in [4.78, 5) is 20.4. The van der Waals surface area contributed by atoms with E-state index in [1.165, 1.54) is 24.3 Å². The highest BCUT2D eigenvalue weighted by molar-refractivity contribution is 6.36. The number of carbonyl (C=O) groups excluding carboxylic acids is 1. The van der Waals surface area contributed by atoms with Gasteiger partial charge in [-0.25, -0.2) is 9.78 Å². The molecule has 0 aliphatic rings. The molecule has 0 amide bonds. The Bertz CT molecular complexity index is 1180. The molecule has 8 nitrogen and oxygen atoms in total. The molecule has 3 aromatic rings. The number of benzene rings is 2. The van der Waals surface area contributed by atoms with Crippen molar-refractivity contribution < 1.29 is 14.3 Å². The number of nitrogens with two attached hydrogens (primary N) is 2. The molecule has 0 fully saturated rings. The second-order valence-corrected chi connectivity index (χ2v) is 6.75. The van der Waals surface area contributed by atoms with Gasteiger partial charge in [-0.15, -0.1) is 0 Å². The van der Waals surface area contributed by atoms with Crippen molar-refractivity contribution in [1.82, 2.24) is 9.97 Å². The van der Waals surface area contributed by atoms with E-state index < -0.39 is 5.97 Å². The number of halogens is 2. The second kappa shape index (κ2) is 8.86. The summed E-state index contributed by atoms with van der Waals surface area (Å²) in [5.41, 5.74) is 12.4. The van der Waals surface area contributed by atoms with Crippen molar-refractivity contribution in [3.8, 4) is 28.8 Å². The summed E-state index contributed by atoms with van der Waals surface area (Å²) in [7, 11) is 0. The first-order valence-electron chi connectivity index (χ1n) is 8.61. The van der Waals surface area contributed by atoms with Crippen molar-refractivity contribution in [2.75, 3.05) is 18.1 Å². The van der Waals surface area contributed by atoms with Gasteiger partial charge in [-0.05, 0) is 43.3 Å². The van der Waals surface area contributed by atoms with Crippen molar-refractivity contribution >= 4 is 40.9 Å². The van der Waals surface area contributed by atoms with E-state index >= 15 is 0 Å². The van der Waals surface area contributed by atoms with E-state index in [4.69, 9.17) is 44.1 Å². The summed E-state index contributed by atoms with van der Waals surface area (Å²) >= 11 is 11.9. The van der Waals surface area contributed by atoms with E-state index in [1.54, 1.807) is 19.1 Å². The molecule has 152 valence electrons. The third kappa shape index (κ3) is 4.38. The summed E-state index contributed by atoms with van der Waals surface area (Å²) in [6.07, 6.45) is 0. The summed E-state index contributed by atoms with van der Waals surface area (Å²) in [5, 5.41) is 9.95. The minimum Gasteiger partial charge on any atom is -0.490 e. The number of anilines is 2. The van der Waals surface area contributed by atoms with Crippen molar-refractivity contribution in [2.45, 2.75) is 6.92 Å². The smallest absolute Gasteiger partial charge is 0.345 e. The highest BCUT2D eigenvalue weighted by atomic mass is 35.5. The number of aromatic nitrogens is 2. The number of nitriles is 1. The molecule has 0 bridgehead atoms. The van der Waals surface area contributed by atoms with E-state index in [1.807, 2.05) is 6.07 Å². The molecule has 1 aromatic heterocycles. The predicted molar refractivity (Wildman–Crippen MR) is 114 cm³/mol. The van der Waals surface area contributed by atoms with Crippen molar-refractivity contribution in [1.29, 1.82) is 5.26 Å². The molecule has 10 heteroatoms. The van der Waals surface area contributed by atoms with Gasteiger partial charge in [-0.3, -0.25) is 0 Å². The van der Waals surface area contributed by atoms with Crippen LogP contribution >= 0.6 is 23.2 Å². The van der Waals surface area contributed by atoms with Gasteiger partial charge in [0.15, 0.2) is 11.5 Å². The Kier molecular flexibility index (Phi) is 6.26. The standard InChI is InChI=1S/C20H15Cl2N5O3/c1-2-29-16-7-10(17-13(9-23)18(24)27-20(25)26-17)3-6-15(16)30-19(28)12-5-4-11(21)8-14(12)22/h3-8H,2H2,1H3,(H4,24,25,26,27). The van der Waals surface area contributed by atoms with Crippen molar-refractivity contribution in [2.24, 2.45) is 0 Å². The fourth-order valence-electron chi connectivity index (χ4n) is 2.63. The first kappa shape index (κ1) is 21.2. The topological polar surface area (TPSA) is 137 Å². The van der Waals surface area contributed by atoms with Gasteiger partial charge in [0.25, 0.3) is 0 Å². The summed E-state index contributed by atoms with van der Waals surface area (Å²) in [6, 6.07) is 11.1.